The quantitative estimate of drug-likeness (QED) is 0.744. The molecule has 0 saturated heterocycles. The number of hydrogen-bond acceptors (Lipinski definition) is 3. The summed E-state index contributed by atoms with van der Waals surface area (Å²) in [4.78, 5) is 1.69. The average molecular weight is 198 g/mol. The van der Waals surface area contributed by atoms with Crippen LogP contribution in [0.5, 0.6) is 0 Å². The molecule has 1 rings (SSSR count). The molecule has 0 aliphatic heterocycles. The van der Waals surface area contributed by atoms with Crippen LogP contribution in [0.2, 0.25) is 0 Å². The molecule has 1 atom stereocenters. The van der Waals surface area contributed by atoms with Crippen molar-refractivity contribution >= 4 is 5.69 Å². The first-order chi connectivity index (χ1) is 6.65. The molecule has 0 radical (unpaired) electrons. The number of rotatable bonds is 4. The highest BCUT2D eigenvalue weighted by Crippen LogP contribution is 2.16. The van der Waals surface area contributed by atoms with Crippen molar-refractivity contribution in [1.29, 1.82) is 0 Å². The van der Waals surface area contributed by atoms with Crippen LogP contribution >= 0.6 is 0 Å². The first kappa shape index (κ1) is 10.9. The molecule has 0 aromatic heterocycles. The molecular weight excluding hydrogens is 183 g/mol. The number of likely N-dealkylation sites (N-methyl/N-ethyl adjacent to an activating group) is 1. The van der Waals surface area contributed by atoms with Crippen molar-refractivity contribution in [3.63, 3.8) is 0 Å². The van der Waals surface area contributed by atoms with Gasteiger partial charge in [-0.3, -0.25) is 0 Å². The van der Waals surface area contributed by atoms with E-state index in [1.165, 1.54) is 6.07 Å². The second-order valence-electron chi connectivity index (χ2n) is 3.27. The molecule has 0 aliphatic rings. The summed E-state index contributed by atoms with van der Waals surface area (Å²) >= 11 is 0. The zero-order valence-electron chi connectivity index (χ0n) is 8.15. The summed E-state index contributed by atoms with van der Waals surface area (Å²) in [5, 5.41) is 8.75. The van der Waals surface area contributed by atoms with Gasteiger partial charge in [-0.15, -0.1) is 0 Å². The molecule has 78 valence electrons. The fourth-order valence-electron chi connectivity index (χ4n) is 1.27. The third-order valence-electron chi connectivity index (χ3n) is 2.01. The predicted molar refractivity (Wildman–Crippen MR) is 54.7 cm³/mol. The molecule has 0 saturated carbocycles. The van der Waals surface area contributed by atoms with E-state index in [4.69, 9.17) is 10.8 Å². The highest BCUT2D eigenvalue weighted by atomic mass is 19.1. The number of benzene rings is 1. The van der Waals surface area contributed by atoms with E-state index in [1.54, 1.807) is 30.1 Å². The normalized spacial score (nSPS) is 12.6. The number of halogens is 1. The van der Waals surface area contributed by atoms with Gasteiger partial charge in [0, 0.05) is 19.6 Å². The van der Waals surface area contributed by atoms with Gasteiger partial charge in [0.15, 0.2) is 0 Å². The van der Waals surface area contributed by atoms with Crippen molar-refractivity contribution in [3.05, 3.63) is 30.1 Å². The lowest BCUT2D eigenvalue weighted by molar-refractivity contribution is 0.267. The summed E-state index contributed by atoms with van der Waals surface area (Å²) in [6.45, 7) is 0.330. The molecule has 0 spiro atoms. The van der Waals surface area contributed by atoms with Crippen LogP contribution in [-0.2, 0) is 0 Å². The van der Waals surface area contributed by atoms with Gasteiger partial charge in [-0.05, 0) is 12.1 Å². The van der Waals surface area contributed by atoms with E-state index in [9.17, 15) is 4.39 Å². The number of nitrogens with zero attached hydrogens (tertiary/aromatic N) is 1. The molecule has 3 nitrogen and oxygen atoms in total. The molecule has 3 N–H and O–H groups in total. The summed E-state index contributed by atoms with van der Waals surface area (Å²) in [5.74, 6) is -0.278. The molecule has 0 aliphatic carbocycles. The van der Waals surface area contributed by atoms with E-state index >= 15 is 0 Å². The minimum atomic E-state index is -0.348. The van der Waals surface area contributed by atoms with E-state index in [1.807, 2.05) is 0 Å². The van der Waals surface area contributed by atoms with Crippen LogP contribution < -0.4 is 10.6 Å². The molecule has 1 aromatic carbocycles. The van der Waals surface area contributed by atoms with E-state index in [-0.39, 0.29) is 18.5 Å². The molecule has 1 unspecified atom stereocenters. The maximum Gasteiger partial charge on any atom is 0.146 e. The van der Waals surface area contributed by atoms with E-state index in [0.29, 0.717) is 12.2 Å². The Labute approximate surface area is 83.0 Å². The van der Waals surface area contributed by atoms with E-state index < -0.39 is 0 Å². The van der Waals surface area contributed by atoms with Gasteiger partial charge in [-0.2, -0.15) is 0 Å². The van der Waals surface area contributed by atoms with Crippen LogP contribution in [0, 0.1) is 5.82 Å². The highest BCUT2D eigenvalue weighted by molar-refractivity contribution is 5.46. The molecule has 14 heavy (non-hydrogen) atoms. The SMILES string of the molecule is CN(CC(N)CO)c1ccccc1F. The van der Waals surface area contributed by atoms with Crippen molar-refractivity contribution in [2.75, 3.05) is 25.1 Å². The lowest BCUT2D eigenvalue weighted by atomic mass is 10.2. The smallest absolute Gasteiger partial charge is 0.146 e. The second-order valence-corrected chi connectivity index (χ2v) is 3.27. The van der Waals surface area contributed by atoms with Crippen LogP contribution in [0.15, 0.2) is 24.3 Å². The Bertz CT molecular complexity index is 293. The Morgan fingerprint density at radius 1 is 1.50 bits per heavy atom. The molecule has 4 heteroatoms. The lowest BCUT2D eigenvalue weighted by Crippen LogP contribution is -2.38. The topological polar surface area (TPSA) is 49.5 Å². The monoisotopic (exact) mass is 198 g/mol. The number of para-hydroxylation sites is 1. The Balaban J connectivity index is 2.69. The van der Waals surface area contributed by atoms with E-state index in [2.05, 4.69) is 0 Å². The summed E-state index contributed by atoms with van der Waals surface area (Å²) in [5.41, 5.74) is 6.04. The van der Waals surface area contributed by atoms with Gasteiger partial charge in [-0.1, -0.05) is 12.1 Å². The largest absolute Gasteiger partial charge is 0.395 e. The van der Waals surface area contributed by atoms with Gasteiger partial charge >= 0.3 is 0 Å². The number of aliphatic hydroxyl groups is 1. The van der Waals surface area contributed by atoms with Gasteiger partial charge in [0.1, 0.15) is 5.82 Å². The highest BCUT2D eigenvalue weighted by Gasteiger charge is 2.09. The van der Waals surface area contributed by atoms with Crippen molar-refractivity contribution in [1.82, 2.24) is 0 Å². The third kappa shape index (κ3) is 2.68. The van der Waals surface area contributed by atoms with Crippen molar-refractivity contribution in [2.45, 2.75) is 6.04 Å². The zero-order chi connectivity index (χ0) is 10.6. The molecule has 0 amide bonds. The second kappa shape index (κ2) is 4.93. The lowest BCUT2D eigenvalue weighted by Gasteiger charge is -2.22. The summed E-state index contributed by atoms with van der Waals surface area (Å²) in [6, 6.07) is 6.13. The van der Waals surface area contributed by atoms with Crippen molar-refractivity contribution in [2.24, 2.45) is 5.73 Å². The van der Waals surface area contributed by atoms with Gasteiger partial charge in [-0.25, -0.2) is 4.39 Å². The number of hydrogen-bond donors (Lipinski definition) is 2. The number of anilines is 1. The van der Waals surface area contributed by atoms with Gasteiger partial charge in [0.25, 0.3) is 0 Å². The number of nitrogens with two attached hydrogens (primary N) is 1. The molecular formula is C10H15FN2O. The predicted octanol–water partition coefficient (Wildman–Crippen LogP) is 0.581. The Hall–Kier alpha value is -1.13. The Kier molecular flexibility index (Phi) is 3.85. The van der Waals surface area contributed by atoms with E-state index in [0.717, 1.165) is 0 Å². The van der Waals surface area contributed by atoms with Crippen LogP contribution in [0.1, 0.15) is 0 Å². The molecule has 0 heterocycles. The van der Waals surface area contributed by atoms with Gasteiger partial charge in [0.05, 0.1) is 12.3 Å². The molecule has 1 aromatic rings. The van der Waals surface area contributed by atoms with Gasteiger partial charge in [0.2, 0.25) is 0 Å². The fourth-order valence-corrected chi connectivity index (χ4v) is 1.27. The summed E-state index contributed by atoms with van der Waals surface area (Å²) in [6.07, 6.45) is 0. The first-order valence-corrected chi connectivity index (χ1v) is 4.47. The van der Waals surface area contributed by atoms with Crippen LogP contribution in [0.3, 0.4) is 0 Å². The maximum absolute atomic E-state index is 13.2. The van der Waals surface area contributed by atoms with Crippen LogP contribution in [-0.4, -0.2) is 31.3 Å². The standard InChI is InChI=1S/C10H15FN2O/c1-13(6-8(12)7-14)10-5-3-2-4-9(10)11/h2-5,8,14H,6-7,12H2,1H3. The van der Waals surface area contributed by atoms with Gasteiger partial charge < -0.3 is 15.7 Å². The Morgan fingerprint density at radius 3 is 2.71 bits per heavy atom. The fraction of sp³-hybridized carbons (Fsp3) is 0.400. The van der Waals surface area contributed by atoms with Crippen molar-refractivity contribution < 1.29 is 9.50 Å². The first-order valence-electron chi connectivity index (χ1n) is 4.47. The minimum absolute atomic E-state index is 0.0984. The zero-order valence-corrected chi connectivity index (χ0v) is 8.15. The maximum atomic E-state index is 13.2. The van der Waals surface area contributed by atoms with Crippen molar-refractivity contribution in [3.8, 4) is 0 Å². The van der Waals surface area contributed by atoms with Crippen LogP contribution in [0.4, 0.5) is 10.1 Å². The summed E-state index contributed by atoms with van der Waals surface area (Å²) in [7, 11) is 1.74. The molecule has 0 bridgehead atoms. The minimum Gasteiger partial charge on any atom is -0.395 e. The number of aliphatic hydroxyl groups excluding tert-OH is 1. The third-order valence-corrected chi connectivity index (χ3v) is 2.01. The van der Waals surface area contributed by atoms with Crippen LogP contribution in [0.25, 0.3) is 0 Å². The average Bonchev–Trinajstić information content (AvgIpc) is 2.18. The summed E-state index contributed by atoms with van der Waals surface area (Å²) < 4.78 is 13.2. The Morgan fingerprint density at radius 2 is 2.14 bits per heavy atom. The molecule has 0 fully saturated rings.